The molecule has 3 rings (SSSR count). The van der Waals surface area contributed by atoms with Gasteiger partial charge in [-0.25, -0.2) is 9.98 Å². The molecule has 6 heteroatoms. The van der Waals surface area contributed by atoms with Crippen LogP contribution in [-0.4, -0.2) is 24.2 Å². The van der Waals surface area contributed by atoms with E-state index in [2.05, 4.69) is 34.1 Å². The van der Waals surface area contributed by atoms with E-state index in [1.54, 1.807) is 13.3 Å². The largest absolute Gasteiger partial charge is 0.384 e. The Morgan fingerprint density at radius 2 is 2.14 bits per heavy atom. The van der Waals surface area contributed by atoms with E-state index in [1.807, 2.05) is 36.5 Å². The Morgan fingerprint density at radius 3 is 2.90 bits per heavy atom. The molecule has 1 aromatic carbocycles. The number of pyridine rings is 1. The predicted molar refractivity (Wildman–Crippen MR) is 119 cm³/mol. The molecule has 0 fully saturated rings. The molecule has 0 saturated carbocycles. The highest BCUT2D eigenvalue weighted by atomic mass is 16.1. The lowest BCUT2D eigenvalue weighted by Gasteiger charge is -2.14. The summed E-state index contributed by atoms with van der Waals surface area (Å²) in [6, 6.07) is 7.61. The van der Waals surface area contributed by atoms with Crippen molar-refractivity contribution in [1.29, 1.82) is 0 Å². The SMILES string of the molecule is C=C(N)/N=C\C=C(/C)c1cnc(NCc2cccc(C(=O)NC)c2)c2c1CCC2. The standard InChI is InChI=1S/C23H27N5O/c1-15(10-11-26-16(2)24)21-14-28-22(20-9-5-8-19(20)21)27-13-17-6-4-7-18(12-17)23(29)25-3/h4,6-7,10-12,14H,2,5,8-9,13,24H2,1,3H3,(H,25,29)(H,27,28)/b15-10+,26-11-. The highest BCUT2D eigenvalue weighted by Gasteiger charge is 2.20. The second-order valence-electron chi connectivity index (χ2n) is 7.08. The van der Waals surface area contributed by atoms with Gasteiger partial charge in [-0.3, -0.25) is 4.79 Å². The summed E-state index contributed by atoms with van der Waals surface area (Å²) in [6.07, 6.45) is 8.70. The molecule has 0 atom stereocenters. The summed E-state index contributed by atoms with van der Waals surface area (Å²) in [4.78, 5) is 20.5. The maximum Gasteiger partial charge on any atom is 0.251 e. The van der Waals surface area contributed by atoms with Gasteiger partial charge in [-0.1, -0.05) is 18.7 Å². The van der Waals surface area contributed by atoms with Crippen molar-refractivity contribution in [2.24, 2.45) is 10.7 Å². The zero-order valence-corrected chi connectivity index (χ0v) is 17.0. The van der Waals surface area contributed by atoms with Crippen LogP contribution in [0.4, 0.5) is 5.82 Å². The molecular weight excluding hydrogens is 362 g/mol. The van der Waals surface area contributed by atoms with Gasteiger partial charge in [0.1, 0.15) is 11.6 Å². The first-order valence-corrected chi connectivity index (χ1v) is 9.71. The number of nitrogens with two attached hydrogens (primary N) is 1. The lowest BCUT2D eigenvalue weighted by molar-refractivity contribution is 0.0963. The van der Waals surface area contributed by atoms with Gasteiger partial charge < -0.3 is 16.4 Å². The fourth-order valence-electron chi connectivity index (χ4n) is 3.57. The molecule has 0 aliphatic heterocycles. The van der Waals surface area contributed by atoms with Crippen LogP contribution in [0.25, 0.3) is 5.57 Å². The summed E-state index contributed by atoms with van der Waals surface area (Å²) >= 11 is 0. The second kappa shape index (κ2) is 9.19. The molecule has 1 aliphatic carbocycles. The van der Waals surface area contributed by atoms with E-state index in [-0.39, 0.29) is 11.7 Å². The molecule has 0 spiro atoms. The number of benzene rings is 1. The molecular formula is C23H27N5O. The van der Waals surface area contributed by atoms with Gasteiger partial charge in [-0.15, -0.1) is 0 Å². The minimum atomic E-state index is -0.0840. The summed E-state index contributed by atoms with van der Waals surface area (Å²) in [7, 11) is 1.64. The Hall–Kier alpha value is -3.41. The maximum atomic E-state index is 11.8. The summed E-state index contributed by atoms with van der Waals surface area (Å²) in [5, 5.41) is 6.11. The lowest BCUT2D eigenvalue weighted by atomic mass is 10.00. The average Bonchev–Trinajstić information content (AvgIpc) is 3.21. The van der Waals surface area contributed by atoms with E-state index < -0.39 is 0 Å². The first-order chi connectivity index (χ1) is 14.0. The van der Waals surface area contributed by atoms with Crippen LogP contribution in [0.2, 0.25) is 0 Å². The van der Waals surface area contributed by atoms with E-state index >= 15 is 0 Å². The van der Waals surface area contributed by atoms with E-state index in [9.17, 15) is 4.79 Å². The molecule has 0 bridgehead atoms. The van der Waals surface area contributed by atoms with Gasteiger partial charge in [0, 0.05) is 31.6 Å². The smallest absolute Gasteiger partial charge is 0.251 e. The third kappa shape index (κ3) is 4.90. The van der Waals surface area contributed by atoms with E-state index in [0.717, 1.165) is 41.8 Å². The number of hydrogen-bond acceptors (Lipinski definition) is 5. The number of fused-ring (bicyclic) bond motifs is 1. The van der Waals surface area contributed by atoms with E-state index in [4.69, 9.17) is 5.73 Å². The Bertz CT molecular complexity index is 991. The van der Waals surface area contributed by atoms with Crippen LogP contribution >= 0.6 is 0 Å². The first-order valence-electron chi connectivity index (χ1n) is 9.71. The molecule has 29 heavy (non-hydrogen) atoms. The van der Waals surface area contributed by atoms with Crippen LogP contribution in [0, 0.1) is 0 Å². The molecule has 2 aromatic rings. The van der Waals surface area contributed by atoms with Crippen molar-refractivity contribution >= 4 is 23.5 Å². The number of aliphatic imine (C=N–C) groups is 1. The fraction of sp³-hybridized carbons (Fsp3) is 0.261. The molecule has 0 unspecified atom stereocenters. The van der Waals surface area contributed by atoms with Crippen molar-refractivity contribution in [3.05, 3.63) is 76.8 Å². The van der Waals surface area contributed by atoms with Gasteiger partial charge in [0.2, 0.25) is 0 Å². The minimum absolute atomic E-state index is 0.0840. The Balaban J connectivity index is 1.79. The van der Waals surface area contributed by atoms with Crippen LogP contribution in [0.15, 0.2) is 53.9 Å². The number of nitrogens with zero attached hydrogens (tertiary/aromatic N) is 2. The Morgan fingerprint density at radius 1 is 1.34 bits per heavy atom. The number of hydrogen-bond donors (Lipinski definition) is 3. The van der Waals surface area contributed by atoms with Gasteiger partial charge in [-0.05, 0) is 72.2 Å². The Labute approximate surface area is 171 Å². The molecule has 150 valence electrons. The van der Waals surface area contributed by atoms with Crippen LogP contribution in [0.3, 0.4) is 0 Å². The zero-order valence-electron chi connectivity index (χ0n) is 17.0. The summed E-state index contributed by atoms with van der Waals surface area (Å²) in [6.45, 7) is 6.24. The summed E-state index contributed by atoms with van der Waals surface area (Å²) in [5.74, 6) is 1.13. The average molecular weight is 390 g/mol. The van der Waals surface area contributed by atoms with Gasteiger partial charge >= 0.3 is 0 Å². The quantitative estimate of drug-likeness (QED) is 0.633. The van der Waals surface area contributed by atoms with Crippen molar-refractivity contribution in [3.63, 3.8) is 0 Å². The molecule has 4 N–H and O–H groups in total. The number of nitrogens with one attached hydrogen (secondary N) is 2. The number of amides is 1. The van der Waals surface area contributed by atoms with Gasteiger partial charge in [0.25, 0.3) is 5.91 Å². The number of allylic oxidation sites excluding steroid dienone is 2. The maximum absolute atomic E-state index is 11.8. The van der Waals surface area contributed by atoms with Crippen molar-refractivity contribution in [2.45, 2.75) is 32.7 Å². The van der Waals surface area contributed by atoms with Gasteiger partial charge in [0.05, 0.1) is 0 Å². The number of carbonyl (C=O) groups excluding carboxylic acids is 1. The molecule has 1 aromatic heterocycles. The van der Waals surface area contributed by atoms with Crippen LogP contribution in [-0.2, 0) is 19.4 Å². The van der Waals surface area contributed by atoms with Crippen molar-refractivity contribution in [1.82, 2.24) is 10.3 Å². The van der Waals surface area contributed by atoms with Crippen LogP contribution in [0.5, 0.6) is 0 Å². The van der Waals surface area contributed by atoms with Crippen LogP contribution in [0.1, 0.15) is 46.0 Å². The number of anilines is 1. The fourth-order valence-corrected chi connectivity index (χ4v) is 3.57. The predicted octanol–water partition coefficient (Wildman–Crippen LogP) is 3.45. The molecule has 1 heterocycles. The highest BCUT2D eigenvalue weighted by Crippen LogP contribution is 2.33. The third-order valence-corrected chi connectivity index (χ3v) is 5.02. The molecule has 0 saturated heterocycles. The molecule has 1 amide bonds. The van der Waals surface area contributed by atoms with Crippen molar-refractivity contribution in [2.75, 3.05) is 12.4 Å². The van der Waals surface area contributed by atoms with Gasteiger partial charge in [-0.2, -0.15) is 0 Å². The highest BCUT2D eigenvalue weighted by molar-refractivity contribution is 5.94. The Kier molecular flexibility index (Phi) is 6.44. The summed E-state index contributed by atoms with van der Waals surface area (Å²) in [5.41, 5.74) is 12.0. The van der Waals surface area contributed by atoms with E-state index in [1.165, 1.54) is 11.1 Å². The summed E-state index contributed by atoms with van der Waals surface area (Å²) < 4.78 is 0. The molecule has 1 aliphatic rings. The van der Waals surface area contributed by atoms with Crippen LogP contribution < -0.4 is 16.4 Å². The number of rotatable bonds is 7. The van der Waals surface area contributed by atoms with E-state index in [0.29, 0.717) is 12.1 Å². The molecule has 0 radical (unpaired) electrons. The third-order valence-electron chi connectivity index (χ3n) is 5.02. The molecule has 6 nitrogen and oxygen atoms in total. The number of carbonyl (C=O) groups is 1. The number of aromatic nitrogens is 1. The van der Waals surface area contributed by atoms with Crippen molar-refractivity contribution in [3.8, 4) is 0 Å². The van der Waals surface area contributed by atoms with Gasteiger partial charge in [0.15, 0.2) is 0 Å². The monoisotopic (exact) mass is 389 g/mol. The first kappa shape index (κ1) is 20.3. The zero-order chi connectivity index (χ0) is 20.8. The van der Waals surface area contributed by atoms with Crippen molar-refractivity contribution < 1.29 is 4.79 Å². The normalized spacial score (nSPS) is 13.4. The second-order valence-corrected chi connectivity index (χ2v) is 7.08. The minimum Gasteiger partial charge on any atom is -0.384 e. The lowest BCUT2D eigenvalue weighted by Crippen LogP contribution is -2.18. The topological polar surface area (TPSA) is 92.4 Å².